The Kier molecular flexibility index (Phi) is 2.90. The van der Waals surface area contributed by atoms with Crippen molar-refractivity contribution in [1.29, 1.82) is 0 Å². The molecule has 1 aliphatic rings. The van der Waals surface area contributed by atoms with Crippen molar-refractivity contribution < 1.29 is 9.84 Å². The molecule has 2 heteroatoms. The van der Waals surface area contributed by atoms with E-state index in [1.807, 2.05) is 0 Å². The van der Waals surface area contributed by atoms with E-state index in [1.165, 1.54) is 0 Å². The van der Waals surface area contributed by atoms with E-state index in [1.54, 1.807) is 6.08 Å². The predicted molar refractivity (Wildman–Crippen MR) is 39.8 cm³/mol. The van der Waals surface area contributed by atoms with Gasteiger partial charge < -0.3 is 9.84 Å². The van der Waals surface area contributed by atoms with Crippen LogP contribution in [0.1, 0.15) is 19.3 Å². The maximum atomic E-state index is 9.26. The van der Waals surface area contributed by atoms with E-state index in [4.69, 9.17) is 4.74 Å². The fraction of sp³-hybridized carbons (Fsp3) is 0.750. The quantitative estimate of drug-likeness (QED) is 0.598. The van der Waals surface area contributed by atoms with E-state index in [-0.39, 0.29) is 12.2 Å². The SMILES string of the molecule is C=CCOC1CCCC1O. The molecule has 0 spiro atoms. The van der Waals surface area contributed by atoms with Crippen molar-refractivity contribution in [3.63, 3.8) is 0 Å². The number of rotatable bonds is 3. The Bertz CT molecular complexity index is 112. The minimum atomic E-state index is -0.236. The zero-order chi connectivity index (χ0) is 7.40. The highest BCUT2D eigenvalue weighted by Crippen LogP contribution is 2.21. The Morgan fingerprint density at radius 2 is 2.40 bits per heavy atom. The van der Waals surface area contributed by atoms with E-state index < -0.39 is 0 Å². The molecule has 0 aromatic heterocycles. The van der Waals surface area contributed by atoms with Gasteiger partial charge in [0.25, 0.3) is 0 Å². The predicted octanol–water partition coefficient (Wildman–Crippen LogP) is 1.10. The van der Waals surface area contributed by atoms with Gasteiger partial charge in [-0.2, -0.15) is 0 Å². The van der Waals surface area contributed by atoms with Crippen LogP contribution >= 0.6 is 0 Å². The lowest BCUT2D eigenvalue weighted by Gasteiger charge is -2.13. The summed E-state index contributed by atoms with van der Waals surface area (Å²) < 4.78 is 5.30. The summed E-state index contributed by atoms with van der Waals surface area (Å²) in [6.45, 7) is 4.10. The minimum Gasteiger partial charge on any atom is -0.390 e. The van der Waals surface area contributed by atoms with E-state index in [9.17, 15) is 5.11 Å². The van der Waals surface area contributed by atoms with Gasteiger partial charge in [-0.05, 0) is 19.3 Å². The first-order chi connectivity index (χ1) is 4.84. The van der Waals surface area contributed by atoms with Gasteiger partial charge in [-0.25, -0.2) is 0 Å². The van der Waals surface area contributed by atoms with Crippen LogP contribution in [0.5, 0.6) is 0 Å². The Balaban J connectivity index is 2.19. The van der Waals surface area contributed by atoms with Crippen molar-refractivity contribution in [2.45, 2.75) is 31.5 Å². The molecule has 0 bridgehead atoms. The molecule has 0 aromatic rings. The van der Waals surface area contributed by atoms with E-state index in [2.05, 4.69) is 6.58 Å². The molecule has 2 unspecified atom stereocenters. The average molecular weight is 142 g/mol. The summed E-state index contributed by atoms with van der Waals surface area (Å²) in [5, 5.41) is 9.26. The van der Waals surface area contributed by atoms with Crippen LogP contribution < -0.4 is 0 Å². The Labute approximate surface area is 61.5 Å². The fourth-order valence-electron chi connectivity index (χ4n) is 1.29. The molecule has 1 aliphatic carbocycles. The third-order valence-electron chi connectivity index (χ3n) is 1.85. The molecule has 58 valence electrons. The zero-order valence-corrected chi connectivity index (χ0v) is 6.12. The first-order valence-corrected chi connectivity index (χ1v) is 3.75. The topological polar surface area (TPSA) is 29.5 Å². The number of aliphatic hydroxyl groups excluding tert-OH is 1. The van der Waals surface area contributed by atoms with Gasteiger partial charge in [0, 0.05) is 0 Å². The second-order valence-electron chi connectivity index (χ2n) is 2.66. The van der Waals surface area contributed by atoms with Gasteiger partial charge >= 0.3 is 0 Å². The van der Waals surface area contributed by atoms with Gasteiger partial charge in [-0.1, -0.05) is 6.08 Å². The lowest BCUT2D eigenvalue weighted by molar-refractivity contribution is -0.00618. The highest BCUT2D eigenvalue weighted by Gasteiger charge is 2.24. The maximum absolute atomic E-state index is 9.26. The third kappa shape index (κ3) is 1.82. The van der Waals surface area contributed by atoms with E-state index in [0.29, 0.717) is 6.61 Å². The number of ether oxygens (including phenoxy) is 1. The largest absolute Gasteiger partial charge is 0.390 e. The lowest BCUT2D eigenvalue weighted by Crippen LogP contribution is -2.22. The van der Waals surface area contributed by atoms with Crippen molar-refractivity contribution in [3.8, 4) is 0 Å². The third-order valence-corrected chi connectivity index (χ3v) is 1.85. The second kappa shape index (κ2) is 3.74. The molecule has 1 N–H and O–H groups in total. The van der Waals surface area contributed by atoms with Gasteiger partial charge in [0.15, 0.2) is 0 Å². The van der Waals surface area contributed by atoms with E-state index in [0.717, 1.165) is 19.3 Å². The van der Waals surface area contributed by atoms with Crippen molar-refractivity contribution in [3.05, 3.63) is 12.7 Å². The van der Waals surface area contributed by atoms with Crippen LogP contribution in [0.15, 0.2) is 12.7 Å². The first kappa shape index (κ1) is 7.76. The molecule has 1 saturated carbocycles. The van der Waals surface area contributed by atoms with Crippen LogP contribution in [0.4, 0.5) is 0 Å². The molecule has 0 radical (unpaired) electrons. The average Bonchev–Trinajstić information content (AvgIpc) is 2.31. The molecule has 0 saturated heterocycles. The van der Waals surface area contributed by atoms with Gasteiger partial charge in [-0.3, -0.25) is 0 Å². The standard InChI is InChI=1S/C8H14O2/c1-2-6-10-8-5-3-4-7(8)9/h2,7-9H,1,3-6H2. The number of aliphatic hydroxyl groups is 1. The Morgan fingerprint density at radius 3 is 2.90 bits per heavy atom. The summed E-state index contributed by atoms with van der Waals surface area (Å²) in [4.78, 5) is 0. The molecular weight excluding hydrogens is 128 g/mol. The Hall–Kier alpha value is -0.340. The second-order valence-corrected chi connectivity index (χ2v) is 2.66. The molecular formula is C8H14O2. The van der Waals surface area contributed by atoms with Crippen LogP contribution in [-0.2, 0) is 4.74 Å². The van der Waals surface area contributed by atoms with Gasteiger partial charge in [0.1, 0.15) is 0 Å². The Morgan fingerprint density at radius 1 is 1.60 bits per heavy atom. The van der Waals surface area contributed by atoms with Gasteiger partial charge in [-0.15, -0.1) is 6.58 Å². The van der Waals surface area contributed by atoms with Gasteiger partial charge in [0.2, 0.25) is 0 Å². The first-order valence-electron chi connectivity index (χ1n) is 3.75. The maximum Gasteiger partial charge on any atom is 0.0838 e. The minimum absolute atomic E-state index is 0.0676. The zero-order valence-electron chi connectivity index (χ0n) is 6.12. The highest BCUT2D eigenvalue weighted by molar-refractivity contribution is 4.78. The summed E-state index contributed by atoms with van der Waals surface area (Å²) in [5.74, 6) is 0. The monoisotopic (exact) mass is 142 g/mol. The van der Waals surface area contributed by atoms with Crippen LogP contribution in [0, 0.1) is 0 Å². The van der Waals surface area contributed by atoms with Crippen molar-refractivity contribution in [2.24, 2.45) is 0 Å². The van der Waals surface area contributed by atoms with E-state index >= 15 is 0 Å². The summed E-state index contributed by atoms with van der Waals surface area (Å²) >= 11 is 0. The summed E-state index contributed by atoms with van der Waals surface area (Å²) in [7, 11) is 0. The van der Waals surface area contributed by atoms with Crippen molar-refractivity contribution in [1.82, 2.24) is 0 Å². The summed E-state index contributed by atoms with van der Waals surface area (Å²) in [6.07, 6.45) is 4.52. The number of hydrogen-bond donors (Lipinski definition) is 1. The molecule has 1 fully saturated rings. The van der Waals surface area contributed by atoms with Crippen LogP contribution in [-0.4, -0.2) is 23.9 Å². The molecule has 2 nitrogen and oxygen atoms in total. The molecule has 1 rings (SSSR count). The smallest absolute Gasteiger partial charge is 0.0838 e. The molecule has 0 amide bonds. The molecule has 0 aromatic carbocycles. The normalized spacial score (nSPS) is 32.5. The van der Waals surface area contributed by atoms with Crippen molar-refractivity contribution >= 4 is 0 Å². The van der Waals surface area contributed by atoms with Crippen LogP contribution in [0.2, 0.25) is 0 Å². The fourth-order valence-corrected chi connectivity index (χ4v) is 1.29. The number of hydrogen-bond acceptors (Lipinski definition) is 2. The van der Waals surface area contributed by atoms with Crippen LogP contribution in [0.25, 0.3) is 0 Å². The highest BCUT2D eigenvalue weighted by atomic mass is 16.5. The molecule has 2 atom stereocenters. The molecule has 10 heavy (non-hydrogen) atoms. The molecule has 0 aliphatic heterocycles. The lowest BCUT2D eigenvalue weighted by atomic mass is 10.3. The summed E-state index contributed by atoms with van der Waals surface area (Å²) in [6, 6.07) is 0. The molecule has 0 heterocycles. The van der Waals surface area contributed by atoms with Crippen LogP contribution in [0.3, 0.4) is 0 Å². The van der Waals surface area contributed by atoms with Crippen molar-refractivity contribution in [2.75, 3.05) is 6.61 Å². The van der Waals surface area contributed by atoms with Gasteiger partial charge in [0.05, 0.1) is 18.8 Å². The summed E-state index contributed by atoms with van der Waals surface area (Å²) in [5.41, 5.74) is 0.